The Hall–Kier alpha value is -2.44. The van der Waals surface area contributed by atoms with Gasteiger partial charge in [0.1, 0.15) is 5.82 Å². The Morgan fingerprint density at radius 1 is 1.09 bits per heavy atom. The van der Waals surface area contributed by atoms with E-state index in [0.717, 1.165) is 53.8 Å². The molecule has 0 spiro atoms. The van der Waals surface area contributed by atoms with E-state index < -0.39 is 16.2 Å². The number of amides is 1. The fourth-order valence-electron chi connectivity index (χ4n) is 5.09. The maximum Gasteiger partial charge on any atom is 0.236 e. The Labute approximate surface area is 195 Å². The topological polar surface area (TPSA) is 64.0 Å². The van der Waals surface area contributed by atoms with Gasteiger partial charge in [-0.3, -0.25) is 9.00 Å². The largest absolute Gasteiger partial charge is 0.310 e. The van der Waals surface area contributed by atoms with Crippen LogP contribution in [0.15, 0.2) is 42.5 Å². The number of halogens is 1. The number of nitrogens with one attached hydrogen (secondary N) is 1. The van der Waals surface area contributed by atoms with Crippen LogP contribution in [0, 0.1) is 13.8 Å². The van der Waals surface area contributed by atoms with Crippen LogP contribution in [0.1, 0.15) is 53.6 Å². The minimum absolute atomic E-state index is 0.0243. The van der Waals surface area contributed by atoms with Crippen LogP contribution in [0.3, 0.4) is 0 Å². The van der Waals surface area contributed by atoms with Crippen LogP contribution in [-0.2, 0) is 32.5 Å². The summed E-state index contributed by atoms with van der Waals surface area (Å²) < 4.78 is 14.1. The number of carbonyl (C=O) groups excluding carboxylic acids is 1. The molecule has 2 heterocycles. The third kappa shape index (κ3) is 3.59. The molecular formula is C25H26ClN3O2S. The van der Waals surface area contributed by atoms with E-state index in [4.69, 9.17) is 16.7 Å². The van der Waals surface area contributed by atoms with Gasteiger partial charge < -0.3 is 5.32 Å². The van der Waals surface area contributed by atoms with Gasteiger partial charge in [0.2, 0.25) is 5.91 Å². The van der Waals surface area contributed by atoms with Crippen molar-refractivity contribution in [1.82, 2.24) is 9.78 Å². The monoisotopic (exact) mass is 467 g/mol. The summed E-state index contributed by atoms with van der Waals surface area (Å²) in [4.78, 5) is 13.9. The zero-order chi connectivity index (χ0) is 22.5. The SMILES string of the molecule is Cc1ccc(-n2nc3c(c2NC(=O)C2(c4ccc(Cl)cc4)CCCC2)CS(=O)C3)c(C)c1. The molecule has 7 heteroatoms. The third-order valence-corrected chi connectivity index (χ3v) is 8.23. The summed E-state index contributed by atoms with van der Waals surface area (Å²) >= 11 is 6.11. The third-order valence-electron chi connectivity index (χ3n) is 6.77. The molecule has 1 aliphatic heterocycles. The molecule has 1 saturated carbocycles. The molecule has 0 saturated heterocycles. The molecule has 5 rings (SSSR count). The van der Waals surface area contributed by atoms with Gasteiger partial charge in [-0.15, -0.1) is 0 Å². The molecule has 2 aliphatic rings. The molecule has 1 unspecified atom stereocenters. The Balaban J connectivity index is 1.58. The summed E-state index contributed by atoms with van der Waals surface area (Å²) in [6.07, 6.45) is 3.61. The van der Waals surface area contributed by atoms with Crippen molar-refractivity contribution < 1.29 is 9.00 Å². The summed E-state index contributed by atoms with van der Waals surface area (Å²) in [7, 11) is -0.980. The van der Waals surface area contributed by atoms with Gasteiger partial charge >= 0.3 is 0 Å². The number of aryl methyl sites for hydroxylation is 2. The number of anilines is 1. The molecule has 32 heavy (non-hydrogen) atoms. The van der Waals surface area contributed by atoms with Crippen molar-refractivity contribution in [3.8, 4) is 5.69 Å². The molecule has 1 fully saturated rings. The van der Waals surface area contributed by atoms with Crippen molar-refractivity contribution in [3.05, 3.63) is 75.4 Å². The van der Waals surface area contributed by atoms with Gasteiger partial charge in [0.05, 0.1) is 28.3 Å². The second-order valence-electron chi connectivity index (χ2n) is 8.95. The van der Waals surface area contributed by atoms with E-state index in [1.807, 2.05) is 48.0 Å². The minimum Gasteiger partial charge on any atom is -0.310 e. The standard InChI is InChI=1S/C25H26ClN3O2S/c1-16-5-10-22(17(2)13-16)29-23(20-14-32(31)15-21(20)28-29)27-24(30)25(11-3-4-12-25)18-6-8-19(26)9-7-18/h5-10,13H,3-4,11-12,14-15H2,1-2H3,(H,27,30). The molecule has 1 aliphatic carbocycles. The molecule has 5 nitrogen and oxygen atoms in total. The van der Waals surface area contributed by atoms with Crippen LogP contribution in [0.4, 0.5) is 5.82 Å². The Morgan fingerprint density at radius 2 is 1.81 bits per heavy atom. The van der Waals surface area contributed by atoms with Gasteiger partial charge in [-0.2, -0.15) is 5.10 Å². The molecule has 1 atom stereocenters. The highest BCUT2D eigenvalue weighted by atomic mass is 35.5. The zero-order valence-electron chi connectivity index (χ0n) is 18.3. The van der Waals surface area contributed by atoms with Crippen LogP contribution in [0.5, 0.6) is 0 Å². The second-order valence-corrected chi connectivity index (χ2v) is 10.8. The van der Waals surface area contributed by atoms with E-state index in [-0.39, 0.29) is 5.91 Å². The Morgan fingerprint density at radius 3 is 2.50 bits per heavy atom. The van der Waals surface area contributed by atoms with E-state index in [0.29, 0.717) is 22.3 Å². The average molecular weight is 468 g/mol. The van der Waals surface area contributed by atoms with Gasteiger partial charge in [-0.25, -0.2) is 4.68 Å². The van der Waals surface area contributed by atoms with Crippen LogP contribution < -0.4 is 5.32 Å². The highest BCUT2D eigenvalue weighted by molar-refractivity contribution is 7.83. The van der Waals surface area contributed by atoms with E-state index in [2.05, 4.69) is 18.3 Å². The van der Waals surface area contributed by atoms with Crippen LogP contribution in [0.2, 0.25) is 5.02 Å². The van der Waals surface area contributed by atoms with Crippen LogP contribution >= 0.6 is 11.6 Å². The lowest BCUT2D eigenvalue weighted by molar-refractivity contribution is -0.121. The predicted molar refractivity (Wildman–Crippen MR) is 129 cm³/mol. The lowest BCUT2D eigenvalue weighted by Gasteiger charge is -2.29. The van der Waals surface area contributed by atoms with Crippen LogP contribution in [0.25, 0.3) is 5.69 Å². The number of hydrogen-bond acceptors (Lipinski definition) is 3. The zero-order valence-corrected chi connectivity index (χ0v) is 19.9. The van der Waals surface area contributed by atoms with Crippen molar-refractivity contribution >= 4 is 34.1 Å². The summed E-state index contributed by atoms with van der Waals surface area (Å²) in [5.74, 6) is 1.48. The molecule has 0 bridgehead atoms. The maximum atomic E-state index is 13.9. The molecule has 1 N–H and O–H groups in total. The highest BCUT2D eigenvalue weighted by Gasteiger charge is 2.43. The van der Waals surface area contributed by atoms with Crippen molar-refractivity contribution in [2.45, 2.75) is 56.5 Å². The first kappa shape index (κ1) is 21.4. The van der Waals surface area contributed by atoms with Gasteiger partial charge in [0.25, 0.3) is 0 Å². The van der Waals surface area contributed by atoms with Gasteiger partial charge in [0, 0.05) is 21.4 Å². The molecule has 166 valence electrons. The maximum absolute atomic E-state index is 13.9. The fourth-order valence-corrected chi connectivity index (χ4v) is 6.49. The highest BCUT2D eigenvalue weighted by Crippen LogP contribution is 2.43. The number of rotatable bonds is 4. The first-order valence-electron chi connectivity index (χ1n) is 11.0. The number of carbonyl (C=O) groups is 1. The molecule has 1 aromatic heterocycles. The molecule has 0 radical (unpaired) electrons. The summed E-state index contributed by atoms with van der Waals surface area (Å²) in [6.45, 7) is 4.10. The van der Waals surface area contributed by atoms with Gasteiger partial charge in [-0.1, -0.05) is 54.3 Å². The summed E-state index contributed by atoms with van der Waals surface area (Å²) in [5.41, 5.74) is 5.28. The van der Waals surface area contributed by atoms with E-state index in [1.54, 1.807) is 0 Å². The molecule has 3 aromatic rings. The quantitative estimate of drug-likeness (QED) is 0.562. The van der Waals surface area contributed by atoms with Crippen LogP contribution in [-0.4, -0.2) is 19.9 Å². The fraction of sp³-hybridized carbons (Fsp3) is 0.360. The smallest absolute Gasteiger partial charge is 0.236 e. The molecule has 2 aromatic carbocycles. The number of fused-ring (bicyclic) bond motifs is 1. The summed E-state index contributed by atoms with van der Waals surface area (Å²) in [5, 5.41) is 8.68. The van der Waals surface area contributed by atoms with Gasteiger partial charge in [-0.05, 0) is 56.0 Å². The number of aromatic nitrogens is 2. The van der Waals surface area contributed by atoms with Crippen molar-refractivity contribution in [2.75, 3.05) is 5.32 Å². The first-order chi connectivity index (χ1) is 15.4. The second kappa shape index (κ2) is 8.16. The number of benzene rings is 2. The number of hydrogen-bond donors (Lipinski definition) is 1. The normalized spacial score (nSPS) is 19.2. The average Bonchev–Trinajstić information content (AvgIpc) is 3.45. The van der Waals surface area contributed by atoms with Crippen molar-refractivity contribution in [2.24, 2.45) is 0 Å². The van der Waals surface area contributed by atoms with E-state index >= 15 is 0 Å². The Kier molecular flexibility index (Phi) is 5.46. The predicted octanol–water partition coefficient (Wildman–Crippen LogP) is 5.36. The van der Waals surface area contributed by atoms with E-state index in [9.17, 15) is 9.00 Å². The first-order valence-corrected chi connectivity index (χ1v) is 12.8. The lowest BCUT2D eigenvalue weighted by atomic mass is 9.78. The van der Waals surface area contributed by atoms with Crippen molar-refractivity contribution in [3.63, 3.8) is 0 Å². The number of nitrogens with zero attached hydrogens (tertiary/aromatic N) is 2. The lowest BCUT2D eigenvalue weighted by Crippen LogP contribution is -2.38. The van der Waals surface area contributed by atoms with E-state index in [1.165, 1.54) is 5.56 Å². The minimum atomic E-state index is -0.980. The van der Waals surface area contributed by atoms with Gasteiger partial charge in [0.15, 0.2) is 0 Å². The Bertz CT molecular complexity index is 1230. The summed E-state index contributed by atoms with van der Waals surface area (Å²) in [6, 6.07) is 13.8. The molecule has 1 amide bonds. The molecular weight excluding hydrogens is 442 g/mol. The van der Waals surface area contributed by atoms with Crippen molar-refractivity contribution in [1.29, 1.82) is 0 Å².